The van der Waals surface area contributed by atoms with Crippen LogP contribution < -0.4 is 11.1 Å². The van der Waals surface area contributed by atoms with Gasteiger partial charge in [0.2, 0.25) is 5.91 Å². The molecule has 1 aromatic rings. The van der Waals surface area contributed by atoms with E-state index in [1.54, 1.807) is 13.8 Å². The summed E-state index contributed by atoms with van der Waals surface area (Å²) in [6, 6.07) is 0. The van der Waals surface area contributed by atoms with Crippen LogP contribution in [0.15, 0.2) is 0 Å². The molecule has 0 spiro atoms. The summed E-state index contributed by atoms with van der Waals surface area (Å²) in [6.07, 6.45) is 0.221. The number of aryl methyl sites for hydroxylation is 2. The van der Waals surface area contributed by atoms with Crippen LogP contribution in [0.3, 0.4) is 0 Å². The number of aromatic nitrogens is 2. The molecular weight excluding hydrogens is 238 g/mol. The largest absolute Gasteiger partial charge is 0.355 e. The highest BCUT2D eigenvalue weighted by molar-refractivity contribution is 5.75. The zero-order valence-corrected chi connectivity index (χ0v) is 10.5. The topological polar surface area (TPSA) is 116 Å². The molecule has 0 aromatic carbocycles. The summed E-state index contributed by atoms with van der Waals surface area (Å²) in [6.45, 7) is 4.33. The Kier molecular flexibility index (Phi) is 4.78. The highest BCUT2D eigenvalue weighted by Gasteiger charge is 2.21. The first-order valence-corrected chi connectivity index (χ1v) is 5.62. The molecule has 1 rings (SSSR count). The Morgan fingerprint density at radius 1 is 1.56 bits per heavy atom. The van der Waals surface area contributed by atoms with Crippen LogP contribution in [0, 0.1) is 24.0 Å². The predicted octanol–water partition coefficient (Wildman–Crippen LogP) is -0.127. The molecule has 0 atom stereocenters. The third-order valence-corrected chi connectivity index (χ3v) is 2.54. The van der Waals surface area contributed by atoms with E-state index in [0.29, 0.717) is 31.0 Å². The van der Waals surface area contributed by atoms with E-state index < -0.39 is 4.92 Å². The summed E-state index contributed by atoms with van der Waals surface area (Å²) >= 11 is 0. The second-order valence-corrected chi connectivity index (χ2v) is 3.89. The molecule has 100 valence electrons. The van der Waals surface area contributed by atoms with Gasteiger partial charge in [-0.2, -0.15) is 5.10 Å². The zero-order chi connectivity index (χ0) is 13.7. The summed E-state index contributed by atoms with van der Waals surface area (Å²) in [5.74, 6) is -0.143. The van der Waals surface area contributed by atoms with Crippen molar-refractivity contribution in [3.63, 3.8) is 0 Å². The van der Waals surface area contributed by atoms with Crippen molar-refractivity contribution in [2.24, 2.45) is 5.73 Å². The van der Waals surface area contributed by atoms with E-state index >= 15 is 0 Å². The van der Waals surface area contributed by atoms with E-state index in [0.717, 1.165) is 0 Å². The van der Waals surface area contributed by atoms with Crippen molar-refractivity contribution in [3.05, 3.63) is 21.5 Å². The van der Waals surface area contributed by atoms with Crippen molar-refractivity contribution in [3.8, 4) is 0 Å². The number of amides is 1. The molecule has 1 amide bonds. The number of hydrogen-bond acceptors (Lipinski definition) is 5. The van der Waals surface area contributed by atoms with Gasteiger partial charge in [0, 0.05) is 19.5 Å². The van der Waals surface area contributed by atoms with E-state index in [-0.39, 0.29) is 18.0 Å². The maximum absolute atomic E-state index is 11.4. The molecule has 0 saturated heterocycles. The fourth-order valence-electron chi connectivity index (χ4n) is 1.68. The maximum atomic E-state index is 11.4. The van der Waals surface area contributed by atoms with E-state index in [4.69, 9.17) is 5.73 Å². The van der Waals surface area contributed by atoms with Crippen molar-refractivity contribution in [1.29, 1.82) is 0 Å². The molecule has 1 aromatic heterocycles. The number of nitrogens with one attached hydrogen (secondary N) is 1. The van der Waals surface area contributed by atoms with Gasteiger partial charge in [-0.25, -0.2) is 0 Å². The van der Waals surface area contributed by atoms with E-state index in [2.05, 4.69) is 10.4 Å². The van der Waals surface area contributed by atoms with Gasteiger partial charge in [-0.1, -0.05) is 0 Å². The third kappa shape index (κ3) is 3.27. The molecule has 0 aliphatic rings. The fourth-order valence-corrected chi connectivity index (χ4v) is 1.68. The Balaban J connectivity index is 2.66. The van der Waals surface area contributed by atoms with Gasteiger partial charge in [-0.15, -0.1) is 0 Å². The first-order chi connectivity index (χ1) is 8.47. The van der Waals surface area contributed by atoms with Crippen molar-refractivity contribution >= 4 is 11.6 Å². The molecule has 0 radical (unpaired) electrons. The average molecular weight is 255 g/mol. The van der Waals surface area contributed by atoms with Crippen molar-refractivity contribution < 1.29 is 9.72 Å². The molecule has 0 unspecified atom stereocenters. The lowest BCUT2D eigenvalue weighted by Crippen LogP contribution is -2.29. The number of nitrogens with two attached hydrogens (primary N) is 1. The fraction of sp³-hybridized carbons (Fsp3) is 0.600. The first kappa shape index (κ1) is 14.1. The van der Waals surface area contributed by atoms with E-state index in [1.807, 2.05) is 0 Å². The van der Waals surface area contributed by atoms with Gasteiger partial charge in [0.1, 0.15) is 11.4 Å². The minimum atomic E-state index is -0.456. The second-order valence-electron chi connectivity index (χ2n) is 3.89. The lowest BCUT2D eigenvalue weighted by atomic mass is 10.3. The minimum Gasteiger partial charge on any atom is -0.355 e. The number of carbonyl (C=O) groups excluding carboxylic acids is 1. The van der Waals surface area contributed by atoms with Crippen LogP contribution in [0.1, 0.15) is 17.8 Å². The molecular formula is C10H17N5O3. The van der Waals surface area contributed by atoms with Crippen LogP contribution in [0.5, 0.6) is 0 Å². The average Bonchev–Trinajstić information content (AvgIpc) is 2.58. The number of hydrogen-bond donors (Lipinski definition) is 2. The lowest BCUT2D eigenvalue weighted by molar-refractivity contribution is -0.386. The van der Waals surface area contributed by atoms with E-state index in [9.17, 15) is 14.9 Å². The molecule has 0 saturated carbocycles. The van der Waals surface area contributed by atoms with Crippen LogP contribution in [0.4, 0.5) is 5.69 Å². The van der Waals surface area contributed by atoms with Gasteiger partial charge in [0.15, 0.2) is 0 Å². The van der Waals surface area contributed by atoms with Gasteiger partial charge in [0.05, 0.1) is 11.5 Å². The monoisotopic (exact) mass is 255 g/mol. The van der Waals surface area contributed by atoms with Gasteiger partial charge < -0.3 is 11.1 Å². The first-order valence-electron chi connectivity index (χ1n) is 5.62. The Hall–Kier alpha value is -1.96. The Morgan fingerprint density at radius 2 is 2.22 bits per heavy atom. The number of nitrogens with zero attached hydrogens (tertiary/aromatic N) is 3. The summed E-state index contributed by atoms with van der Waals surface area (Å²) in [5.41, 5.74) is 6.09. The maximum Gasteiger partial charge on any atom is 0.312 e. The molecule has 0 fully saturated rings. The molecule has 3 N–H and O–H groups in total. The van der Waals surface area contributed by atoms with Crippen molar-refractivity contribution in [1.82, 2.24) is 15.1 Å². The third-order valence-electron chi connectivity index (χ3n) is 2.54. The standard InChI is InChI=1S/C10H17N5O3/c1-7-10(15(17)18)8(2)14(13-7)6-3-9(16)12-5-4-11/h3-6,11H2,1-2H3,(H,12,16). The Labute approximate surface area is 104 Å². The van der Waals surface area contributed by atoms with Crippen molar-refractivity contribution in [2.45, 2.75) is 26.8 Å². The molecule has 8 heteroatoms. The van der Waals surface area contributed by atoms with Gasteiger partial charge in [-0.3, -0.25) is 19.6 Å². The highest BCUT2D eigenvalue weighted by atomic mass is 16.6. The molecule has 0 aliphatic heterocycles. The highest BCUT2D eigenvalue weighted by Crippen LogP contribution is 2.21. The molecule has 1 heterocycles. The predicted molar refractivity (Wildman–Crippen MR) is 65.0 cm³/mol. The van der Waals surface area contributed by atoms with Crippen LogP contribution in [0.2, 0.25) is 0 Å². The van der Waals surface area contributed by atoms with Crippen LogP contribution >= 0.6 is 0 Å². The summed E-state index contributed by atoms with van der Waals surface area (Å²) in [4.78, 5) is 21.7. The summed E-state index contributed by atoms with van der Waals surface area (Å²) in [5, 5.41) is 17.5. The van der Waals surface area contributed by atoms with Crippen molar-refractivity contribution in [2.75, 3.05) is 13.1 Å². The zero-order valence-electron chi connectivity index (χ0n) is 10.5. The van der Waals surface area contributed by atoms with Crippen LogP contribution in [-0.4, -0.2) is 33.7 Å². The molecule has 18 heavy (non-hydrogen) atoms. The SMILES string of the molecule is Cc1nn(CCC(=O)NCCN)c(C)c1[N+](=O)[O-]. The Bertz CT molecular complexity index is 455. The quantitative estimate of drug-likeness (QED) is 0.542. The molecule has 0 aliphatic carbocycles. The number of rotatable bonds is 6. The summed E-state index contributed by atoms with van der Waals surface area (Å²) in [7, 11) is 0. The van der Waals surface area contributed by atoms with Crippen LogP contribution in [-0.2, 0) is 11.3 Å². The smallest absolute Gasteiger partial charge is 0.312 e. The normalized spacial score (nSPS) is 10.4. The van der Waals surface area contributed by atoms with Gasteiger partial charge in [0.25, 0.3) is 0 Å². The molecule has 8 nitrogen and oxygen atoms in total. The Morgan fingerprint density at radius 3 is 2.72 bits per heavy atom. The minimum absolute atomic E-state index is 0.0115. The molecule has 0 bridgehead atoms. The summed E-state index contributed by atoms with van der Waals surface area (Å²) < 4.78 is 1.48. The van der Waals surface area contributed by atoms with Gasteiger partial charge >= 0.3 is 5.69 Å². The number of carbonyl (C=O) groups is 1. The van der Waals surface area contributed by atoms with Gasteiger partial charge in [-0.05, 0) is 13.8 Å². The second kappa shape index (κ2) is 6.10. The number of nitro groups is 1. The van der Waals surface area contributed by atoms with E-state index in [1.165, 1.54) is 4.68 Å². The van der Waals surface area contributed by atoms with Crippen LogP contribution in [0.25, 0.3) is 0 Å². The lowest BCUT2D eigenvalue weighted by Gasteiger charge is -2.04.